The first-order valence-corrected chi connectivity index (χ1v) is 7.20. The summed E-state index contributed by atoms with van der Waals surface area (Å²) in [6.45, 7) is 5.87. The van der Waals surface area contributed by atoms with Gasteiger partial charge in [0.15, 0.2) is 0 Å². The Kier molecular flexibility index (Phi) is 4.94. The third kappa shape index (κ3) is 4.19. The summed E-state index contributed by atoms with van der Waals surface area (Å²) in [7, 11) is 0. The molecule has 0 aliphatic rings. The summed E-state index contributed by atoms with van der Waals surface area (Å²) in [5, 5.41) is 3.48. The van der Waals surface area contributed by atoms with Gasteiger partial charge in [0.25, 0.3) is 0 Å². The van der Waals surface area contributed by atoms with Crippen molar-refractivity contribution in [1.29, 1.82) is 0 Å². The van der Waals surface area contributed by atoms with E-state index in [2.05, 4.69) is 67.7 Å². The Labute approximate surface area is 122 Å². The molecule has 0 bridgehead atoms. The van der Waals surface area contributed by atoms with E-state index in [1.165, 1.54) is 16.7 Å². The predicted octanol–water partition coefficient (Wildman–Crippen LogP) is 3.22. The van der Waals surface area contributed by atoms with Gasteiger partial charge in [-0.05, 0) is 43.5 Å². The molecule has 106 valence electrons. The van der Waals surface area contributed by atoms with E-state index >= 15 is 0 Å². The summed E-state index contributed by atoms with van der Waals surface area (Å²) in [4.78, 5) is 0. The molecule has 0 spiro atoms. The monoisotopic (exact) mass is 268 g/mol. The molecule has 0 aromatic heterocycles. The Morgan fingerprint density at radius 2 is 1.50 bits per heavy atom. The lowest BCUT2D eigenvalue weighted by Crippen LogP contribution is -2.46. The minimum absolute atomic E-state index is 0.0178. The first-order chi connectivity index (χ1) is 9.61. The van der Waals surface area contributed by atoms with Crippen molar-refractivity contribution in [3.05, 3.63) is 60.2 Å². The third-order valence-corrected chi connectivity index (χ3v) is 3.59. The standard InChI is InChI=1S/C18H24N2/c1-18(2,14-19)20-13-12-15-8-10-17(11-9-15)16-6-4-3-5-7-16/h3-11,20H,12-14,19H2,1-2H3. The molecule has 2 heteroatoms. The van der Waals surface area contributed by atoms with E-state index < -0.39 is 0 Å². The van der Waals surface area contributed by atoms with Gasteiger partial charge in [0.1, 0.15) is 0 Å². The molecule has 0 heterocycles. The molecule has 0 unspecified atom stereocenters. The van der Waals surface area contributed by atoms with Crippen LogP contribution in [0.5, 0.6) is 0 Å². The lowest BCUT2D eigenvalue weighted by atomic mass is 10.0. The average Bonchev–Trinajstić information content (AvgIpc) is 2.49. The van der Waals surface area contributed by atoms with E-state index in [4.69, 9.17) is 5.73 Å². The van der Waals surface area contributed by atoms with Crippen LogP contribution in [0.4, 0.5) is 0 Å². The van der Waals surface area contributed by atoms with Gasteiger partial charge in [-0.1, -0.05) is 54.6 Å². The fraction of sp³-hybridized carbons (Fsp3) is 0.333. The molecule has 20 heavy (non-hydrogen) atoms. The first kappa shape index (κ1) is 14.8. The van der Waals surface area contributed by atoms with Gasteiger partial charge < -0.3 is 11.1 Å². The van der Waals surface area contributed by atoms with Crippen LogP contribution in [0.15, 0.2) is 54.6 Å². The van der Waals surface area contributed by atoms with Crippen molar-refractivity contribution in [1.82, 2.24) is 5.32 Å². The van der Waals surface area contributed by atoms with Gasteiger partial charge in [-0.2, -0.15) is 0 Å². The smallest absolute Gasteiger partial charge is 0.0247 e. The van der Waals surface area contributed by atoms with Crippen LogP contribution in [0.25, 0.3) is 11.1 Å². The van der Waals surface area contributed by atoms with E-state index in [0.717, 1.165) is 13.0 Å². The highest BCUT2D eigenvalue weighted by Crippen LogP contribution is 2.19. The minimum atomic E-state index is 0.0178. The van der Waals surface area contributed by atoms with E-state index in [9.17, 15) is 0 Å². The third-order valence-electron chi connectivity index (χ3n) is 3.59. The highest BCUT2D eigenvalue weighted by Gasteiger charge is 2.13. The molecule has 2 rings (SSSR count). The lowest BCUT2D eigenvalue weighted by Gasteiger charge is -2.24. The van der Waals surface area contributed by atoms with Gasteiger partial charge >= 0.3 is 0 Å². The molecular weight excluding hydrogens is 244 g/mol. The van der Waals surface area contributed by atoms with Gasteiger partial charge in [0.2, 0.25) is 0 Å². The average molecular weight is 268 g/mol. The normalized spacial score (nSPS) is 11.6. The van der Waals surface area contributed by atoms with E-state index in [0.29, 0.717) is 6.54 Å². The molecule has 2 nitrogen and oxygen atoms in total. The fourth-order valence-corrected chi connectivity index (χ4v) is 2.11. The number of rotatable bonds is 6. The summed E-state index contributed by atoms with van der Waals surface area (Å²) in [5.41, 5.74) is 9.61. The molecule has 0 saturated carbocycles. The summed E-state index contributed by atoms with van der Waals surface area (Å²) in [6.07, 6.45) is 1.03. The van der Waals surface area contributed by atoms with Crippen LogP contribution in [-0.2, 0) is 6.42 Å². The zero-order chi connectivity index (χ0) is 14.4. The van der Waals surface area contributed by atoms with Gasteiger partial charge in [-0.15, -0.1) is 0 Å². The summed E-state index contributed by atoms with van der Waals surface area (Å²) < 4.78 is 0. The second-order valence-electron chi connectivity index (χ2n) is 5.83. The molecule has 2 aromatic rings. The maximum absolute atomic E-state index is 5.71. The van der Waals surface area contributed by atoms with Gasteiger partial charge in [-0.25, -0.2) is 0 Å². The molecule has 2 aromatic carbocycles. The lowest BCUT2D eigenvalue weighted by molar-refractivity contribution is 0.402. The zero-order valence-electron chi connectivity index (χ0n) is 12.4. The number of hydrogen-bond acceptors (Lipinski definition) is 2. The maximum atomic E-state index is 5.71. The number of benzene rings is 2. The van der Waals surface area contributed by atoms with E-state index in [-0.39, 0.29) is 5.54 Å². The van der Waals surface area contributed by atoms with Crippen LogP contribution >= 0.6 is 0 Å². The van der Waals surface area contributed by atoms with Crippen molar-refractivity contribution in [3.8, 4) is 11.1 Å². The molecule has 0 atom stereocenters. The SMILES string of the molecule is CC(C)(CN)NCCc1ccc(-c2ccccc2)cc1. The first-order valence-electron chi connectivity index (χ1n) is 7.20. The Hall–Kier alpha value is -1.64. The second-order valence-corrected chi connectivity index (χ2v) is 5.83. The van der Waals surface area contributed by atoms with Crippen molar-refractivity contribution in [2.45, 2.75) is 25.8 Å². The van der Waals surface area contributed by atoms with Crippen LogP contribution in [0, 0.1) is 0 Å². The van der Waals surface area contributed by atoms with Crippen LogP contribution in [0.3, 0.4) is 0 Å². The molecular formula is C18H24N2. The topological polar surface area (TPSA) is 38.0 Å². The van der Waals surface area contributed by atoms with Crippen LogP contribution in [-0.4, -0.2) is 18.6 Å². The highest BCUT2D eigenvalue weighted by atomic mass is 15.0. The molecule has 0 fully saturated rings. The van der Waals surface area contributed by atoms with Gasteiger partial charge in [-0.3, -0.25) is 0 Å². The zero-order valence-corrected chi connectivity index (χ0v) is 12.4. The summed E-state index contributed by atoms with van der Waals surface area (Å²) in [5.74, 6) is 0. The number of nitrogens with two attached hydrogens (primary N) is 1. The molecule has 0 radical (unpaired) electrons. The van der Waals surface area contributed by atoms with Crippen molar-refractivity contribution < 1.29 is 0 Å². The second kappa shape index (κ2) is 6.69. The largest absolute Gasteiger partial charge is 0.329 e. The van der Waals surface area contributed by atoms with Crippen LogP contribution in [0.2, 0.25) is 0 Å². The summed E-state index contributed by atoms with van der Waals surface area (Å²) >= 11 is 0. The molecule has 3 N–H and O–H groups in total. The molecule has 0 amide bonds. The maximum Gasteiger partial charge on any atom is 0.0247 e. The van der Waals surface area contributed by atoms with Crippen molar-refractivity contribution >= 4 is 0 Å². The Balaban J connectivity index is 1.92. The molecule has 0 aliphatic heterocycles. The van der Waals surface area contributed by atoms with Crippen LogP contribution < -0.4 is 11.1 Å². The Bertz CT molecular complexity index is 515. The Morgan fingerprint density at radius 3 is 2.10 bits per heavy atom. The van der Waals surface area contributed by atoms with Crippen LogP contribution in [0.1, 0.15) is 19.4 Å². The summed E-state index contributed by atoms with van der Waals surface area (Å²) in [6, 6.07) is 19.3. The number of nitrogens with one attached hydrogen (secondary N) is 1. The highest BCUT2D eigenvalue weighted by molar-refractivity contribution is 5.63. The predicted molar refractivity (Wildman–Crippen MR) is 86.7 cm³/mol. The molecule has 0 saturated heterocycles. The van der Waals surface area contributed by atoms with E-state index in [1.54, 1.807) is 0 Å². The van der Waals surface area contributed by atoms with E-state index in [1.807, 2.05) is 6.07 Å². The fourth-order valence-electron chi connectivity index (χ4n) is 2.11. The van der Waals surface area contributed by atoms with Crippen molar-refractivity contribution in [3.63, 3.8) is 0 Å². The molecule has 0 aliphatic carbocycles. The van der Waals surface area contributed by atoms with Crippen molar-refractivity contribution in [2.75, 3.05) is 13.1 Å². The van der Waals surface area contributed by atoms with Gasteiger partial charge in [0, 0.05) is 12.1 Å². The number of hydrogen-bond donors (Lipinski definition) is 2. The quantitative estimate of drug-likeness (QED) is 0.844. The Morgan fingerprint density at radius 1 is 0.900 bits per heavy atom. The van der Waals surface area contributed by atoms with Gasteiger partial charge in [0.05, 0.1) is 0 Å². The minimum Gasteiger partial charge on any atom is -0.329 e. The van der Waals surface area contributed by atoms with Crippen molar-refractivity contribution in [2.24, 2.45) is 5.73 Å².